The summed E-state index contributed by atoms with van der Waals surface area (Å²) in [6.07, 6.45) is 0. The summed E-state index contributed by atoms with van der Waals surface area (Å²) in [7, 11) is -10.1. The molecular formula is H6LiNaO7P2. The van der Waals surface area contributed by atoms with Crippen LogP contribution in [0.1, 0.15) is 2.85 Å². The van der Waals surface area contributed by atoms with Gasteiger partial charge in [0, 0.05) is 0 Å². The van der Waals surface area contributed by atoms with Gasteiger partial charge in [-0.25, -0.2) is 9.13 Å². The first-order valence-electron chi connectivity index (χ1n) is 1.53. The number of hydrogen-bond acceptors (Lipinski definition) is 3. The fraction of sp³-hybridized carbons (Fsp3) is 0. The van der Waals surface area contributed by atoms with Gasteiger partial charge >= 0.3 is 64.1 Å². The summed E-state index contributed by atoms with van der Waals surface area (Å²) in [6, 6.07) is 0. The molecule has 7 nitrogen and oxygen atoms in total. The van der Waals surface area contributed by atoms with Crippen LogP contribution < -0.4 is 48.4 Å². The molecule has 0 saturated heterocycles. The minimum absolute atomic E-state index is 0. The second kappa shape index (κ2) is 6.33. The van der Waals surface area contributed by atoms with Crippen molar-refractivity contribution in [1.82, 2.24) is 0 Å². The van der Waals surface area contributed by atoms with Crippen LogP contribution in [-0.2, 0) is 13.4 Å². The maximum atomic E-state index is 9.63. The summed E-state index contributed by atoms with van der Waals surface area (Å²) in [5.41, 5.74) is 0. The van der Waals surface area contributed by atoms with E-state index in [0.29, 0.717) is 0 Å². The number of rotatable bonds is 2. The van der Waals surface area contributed by atoms with Gasteiger partial charge < -0.3 is 22.4 Å². The van der Waals surface area contributed by atoms with Crippen molar-refractivity contribution in [1.29, 1.82) is 0 Å². The molecule has 0 aromatic heterocycles. The van der Waals surface area contributed by atoms with Gasteiger partial charge in [0.25, 0.3) is 0 Å². The van der Waals surface area contributed by atoms with Crippen LogP contribution in [0.4, 0.5) is 0 Å². The molecule has 0 radical (unpaired) electrons. The van der Waals surface area contributed by atoms with Gasteiger partial charge in [0.2, 0.25) is 0 Å². The van der Waals surface area contributed by atoms with Gasteiger partial charge in [-0.1, -0.05) is 0 Å². The molecule has 0 aromatic carbocycles. The first-order chi connectivity index (χ1) is 3.71. The zero-order valence-electron chi connectivity index (χ0n) is 7.91. The molecule has 0 bridgehead atoms. The van der Waals surface area contributed by atoms with Crippen molar-refractivity contribution in [2.45, 2.75) is 0 Å². The van der Waals surface area contributed by atoms with E-state index in [0.717, 1.165) is 0 Å². The molecule has 0 aliphatic rings. The Labute approximate surface area is 99.4 Å². The van der Waals surface area contributed by atoms with Crippen LogP contribution >= 0.6 is 15.6 Å². The van der Waals surface area contributed by atoms with Crippen molar-refractivity contribution >= 4 is 15.6 Å². The van der Waals surface area contributed by atoms with Gasteiger partial charge in [0.1, 0.15) is 0 Å². The van der Waals surface area contributed by atoms with Gasteiger partial charge in [-0.05, 0) is 0 Å². The fourth-order valence-electron chi connectivity index (χ4n) is 0.139. The molecule has 11 heteroatoms. The first kappa shape index (κ1) is 18.6. The van der Waals surface area contributed by atoms with E-state index in [2.05, 4.69) is 4.31 Å². The zero-order chi connectivity index (χ0) is 7.71. The van der Waals surface area contributed by atoms with Crippen LogP contribution in [0.5, 0.6) is 0 Å². The molecule has 60 valence electrons. The van der Waals surface area contributed by atoms with Crippen molar-refractivity contribution in [3.05, 3.63) is 0 Å². The van der Waals surface area contributed by atoms with E-state index in [4.69, 9.17) is 19.6 Å². The van der Waals surface area contributed by atoms with E-state index in [1.54, 1.807) is 0 Å². The van der Waals surface area contributed by atoms with E-state index >= 15 is 0 Å². The normalized spacial score (nSPS) is 11.3. The van der Waals surface area contributed by atoms with Crippen molar-refractivity contribution < 1.29 is 84.3 Å². The number of phosphoric acid groups is 2. The van der Waals surface area contributed by atoms with Gasteiger partial charge in [0.15, 0.2) is 0 Å². The van der Waals surface area contributed by atoms with E-state index in [9.17, 15) is 9.13 Å². The van der Waals surface area contributed by atoms with E-state index in [1.807, 2.05) is 0 Å². The maximum Gasteiger partial charge on any atom is 1.00 e. The van der Waals surface area contributed by atoms with Crippen LogP contribution in [0, 0.1) is 0 Å². The van der Waals surface area contributed by atoms with Crippen LogP contribution in [0.15, 0.2) is 0 Å². The Kier molecular flexibility index (Phi) is 10.7. The van der Waals surface area contributed by atoms with Gasteiger partial charge in [-0.15, -0.1) is 0 Å². The standard InChI is InChI=1S/Li.Na.H4O7P2.2H/c;;1-8(2,3)7-9(4,5)6;;/h;;(H2,1,2,3)(H2,4,5,6);;/q2*+1;;2*-1. The molecule has 0 atom stereocenters. The molecule has 11 heavy (non-hydrogen) atoms. The Morgan fingerprint density at radius 2 is 1.18 bits per heavy atom. The summed E-state index contributed by atoms with van der Waals surface area (Å²) in [5, 5.41) is 0. The molecule has 0 rings (SSSR count). The quantitative estimate of drug-likeness (QED) is 0.263. The molecule has 0 aliphatic heterocycles. The average Bonchev–Trinajstić information content (AvgIpc) is 1.14. The van der Waals surface area contributed by atoms with Gasteiger partial charge in [0.05, 0.1) is 0 Å². The predicted octanol–water partition coefficient (Wildman–Crippen LogP) is -6.58. The summed E-state index contributed by atoms with van der Waals surface area (Å²) in [5.74, 6) is 0. The molecular weight excluding hydrogens is 204 g/mol. The average molecular weight is 210 g/mol. The Morgan fingerprint density at radius 1 is 1.00 bits per heavy atom. The summed E-state index contributed by atoms with van der Waals surface area (Å²) in [6.45, 7) is 0. The molecule has 0 amide bonds. The minimum atomic E-state index is -5.05. The van der Waals surface area contributed by atoms with Crippen molar-refractivity contribution in [3.63, 3.8) is 0 Å². The Balaban J connectivity index is -0.0000000533. The number of hydrogen-bond donors (Lipinski definition) is 4. The van der Waals surface area contributed by atoms with Crippen LogP contribution in [0.3, 0.4) is 0 Å². The Bertz CT molecular complexity index is 165. The molecule has 0 saturated carbocycles. The topological polar surface area (TPSA) is 124 Å². The second-order valence-electron chi connectivity index (χ2n) is 1.06. The zero-order valence-corrected chi connectivity index (χ0v) is 9.70. The van der Waals surface area contributed by atoms with Crippen molar-refractivity contribution in [2.24, 2.45) is 0 Å². The van der Waals surface area contributed by atoms with E-state index in [1.165, 1.54) is 0 Å². The van der Waals surface area contributed by atoms with Crippen LogP contribution in [-0.4, -0.2) is 19.6 Å². The third kappa shape index (κ3) is 18.7. The Morgan fingerprint density at radius 3 is 1.18 bits per heavy atom. The molecule has 0 heterocycles. The van der Waals surface area contributed by atoms with Crippen LogP contribution in [0.25, 0.3) is 0 Å². The smallest absolute Gasteiger partial charge is 1.00 e. The monoisotopic (exact) mass is 210 g/mol. The van der Waals surface area contributed by atoms with Gasteiger partial charge in [-0.2, -0.15) is 4.31 Å². The summed E-state index contributed by atoms with van der Waals surface area (Å²) >= 11 is 0. The largest absolute Gasteiger partial charge is 1.00 e. The minimum Gasteiger partial charge on any atom is -1.00 e. The van der Waals surface area contributed by atoms with E-state index < -0.39 is 15.6 Å². The molecule has 0 fully saturated rings. The van der Waals surface area contributed by atoms with Crippen molar-refractivity contribution in [2.75, 3.05) is 0 Å². The molecule has 0 aliphatic carbocycles. The third-order valence-electron chi connectivity index (χ3n) is 0.213. The predicted molar refractivity (Wildman–Crippen MR) is 27.4 cm³/mol. The fourth-order valence-corrected chi connectivity index (χ4v) is 1.25. The third-order valence-corrected chi connectivity index (χ3v) is 1.91. The Hall–Kier alpha value is 1.86. The molecule has 0 spiro atoms. The molecule has 0 unspecified atom stereocenters. The van der Waals surface area contributed by atoms with Crippen LogP contribution in [0.2, 0.25) is 0 Å². The maximum absolute atomic E-state index is 9.63. The molecule has 4 N–H and O–H groups in total. The van der Waals surface area contributed by atoms with E-state index in [-0.39, 0.29) is 51.3 Å². The molecule has 0 aromatic rings. The van der Waals surface area contributed by atoms with Crippen molar-refractivity contribution in [3.8, 4) is 0 Å². The summed E-state index contributed by atoms with van der Waals surface area (Å²) < 4.78 is 22.2. The van der Waals surface area contributed by atoms with Gasteiger partial charge in [-0.3, -0.25) is 0 Å². The first-order valence-corrected chi connectivity index (χ1v) is 4.59. The SMILES string of the molecule is O=P(O)(O)OP(=O)(O)O.[H-].[H-].[Li+].[Na+]. The summed E-state index contributed by atoms with van der Waals surface area (Å²) in [4.78, 5) is 31.0. The second-order valence-corrected chi connectivity index (χ2v) is 3.68.